The summed E-state index contributed by atoms with van der Waals surface area (Å²) in [4.78, 5) is 33.7. The van der Waals surface area contributed by atoms with E-state index in [0.717, 1.165) is 54.3 Å². The average Bonchev–Trinajstić information content (AvgIpc) is 3.35. The van der Waals surface area contributed by atoms with Crippen molar-refractivity contribution in [3.8, 4) is 11.1 Å². The van der Waals surface area contributed by atoms with E-state index < -0.39 is 0 Å². The van der Waals surface area contributed by atoms with Gasteiger partial charge in [0.25, 0.3) is 6.47 Å². The molecule has 2 aromatic rings. The summed E-state index contributed by atoms with van der Waals surface area (Å²) in [6.45, 7) is 0.803. The largest absolute Gasteiger partial charge is 0.467 e. The van der Waals surface area contributed by atoms with Crippen molar-refractivity contribution in [3.05, 3.63) is 53.6 Å². The maximum absolute atomic E-state index is 12.6. The summed E-state index contributed by atoms with van der Waals surface area (Å²) in [7, 11) is 4.10. The minimum Gasteiger partial charge on any atom is -0.467 e. The summed E-state index contributed by atoms with van der Waals surface area (Å²) in [6, 6.07) is 14.3. The normalized spacial score (nSPS) is 13.3. The van der Waals surface area contributed by atoms with Gasteiger partial charge in [0.2, 0.25) is 5.91 Å². The number of ether oxygens (including phenoxy) is 1. The van der Waals surface area contributed by atoms with Gasteiger partial charge >= 0.3 is 0 Å². The first-order valence-electron chi connectivity index (χ1n) is 17.0. The highest BCUT2D eigenvalue weighted by molar-refractivity contribution is 8.76. The van der Waals surface area contributed by atoms with Crippen molar-refractivity contribution in [2.45, 2.75) is 121 Å². The molecule has 1 unspecified atom stereocenters. The Labute approximate surface area is 273 Å². The molecule has 1 aliphatic carbocycles. The summed E-state index contributed by atoms with van der Waals surface area (Å²) in [6.07, 6.45) is 22.4. The Kier molecular flexibility index (Phi) is 19.0. The molecule has 44 heavy (non-hydrogen) atoms. The van der Waals surface area contributed by atoms with Gasteiger partial charge in [-0.25, -0.2) is 0 Å². The minimum absolute atomic E-state index is 0.00605. The molecule has 0 radical (unpaired) electrons. The summed E-state index contributed by atoms with van der Waals surface area (Å²) >= 11 is 0. The fourth-order valence-electron chi connectivity index (χ4n) is 6.00. The first kappa shape index (κ1) is 36.2. The molecule has 0 saturated carbocycles. The molecule has 1 aliphatic rings. The van der Waals surface area contributed by atoms with E-state index in [1.54, 1.807) is 0 Å². The van der Waals surface area contributed by atoms with Crippen LogP contribution in [-0.4, -0.2) is 36.8 Å². The van der Waals surface area contributed by atoms with Crippen molar-refractivity contribution >= 4 is 45.9 Å². The van der Waals surface area contributed by atoms with Crippen LogP contribution in [-0.2, 0) is 19.1 Å². The second-order valence-electron chi connectivity index (χ2n) is 11.9. The molecule has 0 saturated heterocycles. The van der Waals surface area contributed by atoms with E-state index in [1.807, 2.05) is 35.1 Å². The van der Waals surface area contributed by atoms with Crippen molar-refractivity contribution in [2.24, 2.45) is 0 Å². The highest BCUT2D eigenvalue weighted by Crippen LogP contribution is 2.45. The van der Waals surface area contributed by atoms with E-state index in [9.17, 15) is 14.4 Å². The number of aldehydes is 1. The molecule has 1 atom stereocenters. The predicted octanol–water partition coefficient (Wildman–Crippen LogP) is 10.5. The lowest BCUT2D eigenvalue weighted by Gasteiger charge is -2.13. The van der Waals surface area contributed by atoms with Gasteiger partial charge in [-0.1, -0.05) is 129 Å². The number of anilines is 1. The Morgan fingerprint density at radius 1 is 0.682 bits per heavy atom. The van der Waals surface area contributed by atoms with Gasteiger partial charge in [0.15, 0.2) is 0 Å². The number of amides is 1. The molecular formula is C37H53NO4S2. The van der Waals surface area contributed by atoms with E-state index in [-0.39, 0.29) is 11.8 Å². The molecule has 0 aliphatic heterocycles. The highest BCUT2D eigenvalue weighted by Gasteiger charge is 2.29. The van der Waals surface area contributed by atoms with Crippen LogP contribution in [0.25, 0.3) is 11.1 Å². The third-order valence-electron chi connectivity index (χ3n) is 8.43. The zero-order valence-corrected chi connectivity index (χ0v) is 28.2. The quantitative estimate of drug-likeness (QED) is 0.0596. The lowest BCUT2D eigenvalue weighted by Crippen LogP contribution is -2.12. The zero-order valence-electron chi connectivity index (χ0n) is 26.6. The van der Waals surface area contributed by atoms with Crippen LogP contribution in [0.15, 0.2) is 42.5 Å². The van der Waals surface area contributed by atoms with Crippen molar-refractivity contribution in [1.29, 1.82) is 0 Å². The van der Waals surface area contributed by atoms with E-state index in [2.05, 4.69) is 34.3 Å². The highest BCUT2D eigenvalue weighted by atomic mass is 33.1. The van der Waals surface area contributed by atoms with Gasteiger partial charge in [0.05, 0.1) is 0 Å². The first-order chi connectivity index (χ1) is 21.7. The zero-order chi connectivity index (χ0) is 31.1. The maximum Gasteiger partial charge on any atom is 0.293 e. The van der Waals surface area contributed by atoms with Crippen LogP contribution in [0.2, 0.25) is 0 Å². The Morgan fingerprint density at radius 3 is 1.89 bits per heavy atom. The molecule has 242 valence electrons. The number of benzene rings is 2. The Morgan fingerprint density at radius 2 is 1.25 bits per heavy atom. The number of hydrogen-bond acceptors (Lipinski definition) is 6. The minimum atomic E-state index is -0.00605. The molecule has 7 heteroatoms. The summed E-state index contributed by atoms with van der Waals surface area (Å²) in [5.74, 6) is 2.61. The molecule has 1 N–H and O–H groups in total. The monoisotopic (exact) mass is 639 g/mol. The van der Waals surface area contributed by atoms with E-state index in [0.29, 0.717) is 19.5 Å². The van der Waals surface area contributed by atoms with Crippen LogP contribution in [0.5, 0.6) is 0 Å². The van der Waals surface area contributed by atoms with Crippen LogP contribution in [0.1, 0.15) is 133 Å². The Hall–Kier alpha value is -2.25. The second-order valence-corrected chi connectivity index (χ2v) is 14.6. The number of nitrogens with one attached hydrogen (secondary N) is 1. The first-order valence-corrected chi connectivity index (χ1v) is 19.5. The number of fused-ring (bicyclic) bond motifs is 3. The number of carbonyl (C=O) groups is 3. The summed E-state index contributed by atoms with van der Waals surface area (Å²) in [5.41, 5.74) is 5.37. The van der Waals surface area contributed by atoms with Gasteiger partial charge in [0, 0.05) is 36.0 Å². The topological polar surface area (TPSA) is 72.5 Å². The molecule has 0 bridgehead atoms. The molecule has 1 amide bonds. The summed E-state index contributed by atoms with van der Waals surface area (Å²) in [5, 5.41) is 3.08. The lowest BCUT2D eigenvalue weighted by atomic mass is 9.97. The lowest BCUT2D eigenvalue weighted by molar-refractivity contribution is -0.129. The molecule has 0 spiro atoms. The Bertz CT molecular complexity index is 1110. The van der Waals surface area contributed by atoms with Gasteiger partial charge in [-0.15, -0.1) is 0 Å². The smallest absolute Gasteiger partial charge is 0.293 e. The van der Waals surface area contributed by atoms with Gasteiger partial charge in [-0.05, 0) is 60.1 Å². The van der Waals surface area contributed by atoms with Gasteiger partial charge in [-0.2, -0.15) is 0 Å². The van der Waals surface area contributed by atoms with Crippen LogP contribution in [0.3, 0.4) is 0 Å². The van der Waals surface area contributed by atoms with Crippen LogP contribution in [0, 0.1) is 0 Å². The molecular weight excluding hydrogens is 587 g/mol. The van der Waals surface area contributed by atoms with E-state index in [1.165, 1.54) is 101 Å². The van der Waals surface area contributed by atoms with E-state index >= 15 is 0 Å². The number of rotatable bonds is 27. The summed E-state index contributed by atoms with van der Waals surface area (Å²) < 4.78 is 5.13. The number of carbonyl (C=O) groups excluding carboxylic acids is 3. The molecule has 0 fully saturated rings. The Balaban J connectivity index is 1.12. The van der Waals surface area contributed by atoms with Crippen molar-refractivity contribution in [3.63, 3.8) is 0 Å². The SMILES string of the molecule is O=CCCCCCCCCCCSSCCCCCCCCCCC(=O)Nc1ccc2c(c1)C(COC=O)c1ccccc1-2. The van der Waals surface area contributed by atoms with Gasteiger partial charge in [-0.3, -0.25) is 9.59 Å². The molecule has 3 rings (SSSR count). The van der Waals surface area contributed by atoms with E-state index in [4.69, 9.17) is 4.74 Å². The van der Waals surface area contributed by atoms with Crippen LogP contribution >= 0.6 is 21.6 Å². The van der Waals surface area contributed by atoms with Gasteiger partial charge < -0.3 is 14.8 Å². The number of unbranched alkanes of at least 4 members (excludes halogenated alkanes) is 15. The van der Waals surface area contributed by atoms with Crippen LogP contribution in [0.4, 0.5) is 5.69 Å². The second kappa shape index (κ2) is 23.1. The molecule has 5 nitrogen and oxygen atoms in total. The third kappa shape index (κ3) is 13.8. The van der Waals surface area contributed by atoms with Crippen molar-refractivity contribution < 1.29 is 19.1 Å². The standard InChI is InChI=1S/C37H53NO4S2/c39-25-17-11-7-3-1-4-8-12-18-26-43-44-27-19-13-9-5-2-6-10-14-22-37(41)38-31-23-24-34-32-20-15-16-21-33(32)36(29-42-30-40)35(34)28-31/h15-16,20-21,23-25,28,30,36H,1-14,17-19,22,26-27,29H2,(H,38,41). The molecule has 2 aromatic carbocycles. The average molecular weight is 640 g/mol. The van der Waals surface area contributed by atoms with Gasteiger partial charge in [0.1, 0.15) is 12.9 Å². The maximum atomic E-state index is 12.6. The molecule has 0 aromatic heterocycles. The molecule has 0 heterocycles. The van der Waals surface area contributed by atoms with Crippen LogP contribution < -0.4 is 5.32 Å². The third-order valence-corrected chi connectivity index (χ3v) is 11.0. The fraction of sp³-hybridized carbons (Fsp3) is 0.595. The van der Waals surface area contributed by atoms with Crippen molar-refractivity contribution in [2.75, 3.05) is 23.4 Å². The number of hydrogen-bond donors (Lipinski definition) is 1. The van der Waals surface area contributed by atoms with Crippen molar-refractivity contribution in [1.82, 2.24) is 0 Å². The predicted molar refractivity (Wildman–Crippen MR) is 188 cm³/mol. The fourth-order valence-corrected chi connectivity index (χ4v) is 8.29.